The number of anilines is 2. The van der Waals surface area contributed by atoms with Crippen molar-refractivity contribution in [3.05, 3.63) is 53.6 Å². The zero-order valence-corrected chi connectivity index (χ0v) is 15.4. The number of carbonyl (C=O) groups excluding carboxylic acids is 3. The third-order valence-electron chi connectivity index (χ3n) is 4.59. The smallest absolute Gasteiger partial charge is 0.338 e. The van der Waals surface area contributed by atoms with Crippen LogP contribution in [0.4, 0.5) is 11.4 Å². The summed E-state index contributed by atoms with van der Waals surface area (Å²) in [4.78, 5) is 39.1. The van der Waals surface area contributed by atoms with Crippen molar-refractivity contribution in [1.29, 1.82) is 0 Å². The van der Waals surface area contributed by atoms with Crippen LogP contribution in [-0.2, 0) is 20.7 Å². The van der Waals surface area contributed by atoms with E-state index in [0.717, 1.165) is 22.6 Å². The molecule has 2 aromatic rings. The molecule has 0 fully saturated rings. The quantitative estimate of drug-likeness (QED) is 0.826. The van der Waals surface area contributed by atoms with Crippen LogP contribution >= 0.6 is 11.8 Å². The maximum absolute atomic E-state index is 12.5. The molecule has 0 saturated heterocycles. The molecular weight excluding hydrogens is 364 g/mol. The van der Waals surface area contributed by atoms with E-state index in [9.17, 15) is 14.4 Å². The molecule has 2 amide bonds. The summed E-state index contributed by atoms with van der Waals surface area (Å²) in [6.45, 7) is 0.281. The van der Waals surface area contributed by atoms with Crippen molar-refractivity contribution < 1.29 is 19.1 Å². The molecule has 0 radical (unpaired) electrons. The molecule has 2 aliphatic rings. The lowest BCUT2D eigenvalue weighted by Gasteiger charge is -2.17. The highest BCUT2D eigenvalue weighted by Gasteiger charge is 2.25. The third kappa shape index (κ3) is 3.68. The molecule has 2 aliphatic heterocycles. The van der Waals surface area contributed by atoms with E-state index in [1.807, 2.05) is 24.3 Å². The van der Waals surface area contributed by atoms with Gasteiger partial charge < -0.3 is 15.0 Å². The number of para-hydroxylation sites is 1. The second kappa shape index (κ2) is 7.44. The topological polar surface area (TPSA) is 75.7 Å². The van der Waals surface area contributed by atoms with Gasteiger partial charge in [0.25, 0.3) is 5.91 Å². The highest BCUT2D eigenvalue weighted by Crippen LogP contribution is 2.32. The summed E-state index contributed by atoms with van der Waals surface area (Å²) in [5.74, 6) is -0.197. The van der Waals surface area contributed by atoms with Crippen LogP contribution in [0.3, 0.4) is 0 Å². The number of hydrogen-bond acceptors (Lipinski definition) is 5. The van der Waals surface area contributed by atoms with E-state index >= 15 is 0 Å². The lowest BCUT2D eigenvalue weighted by Crippen LogP contribution is -2.33. The van der Waals surface area contributed by atoms with Crippen molar-refractivity contribution >= 4 is 40.9 Å². The molecule has 2 aromatic carbocycles. The average molecular weight is 382 g/mol. The van der Waals surface area contributed by atoms with Crippen molar-refractivity contribution in [3.8, 4) is 0 Å². The molecule has 4 rings (SSSR count). The number of benzene rings is 2. The Balaban J connectivity index is 1.41. The van der Waals surface area contributed by atoms with Crippen LogP contribution in [0.25, 0.3) is 0 Å². The number of fused-ring (bicyclic) bond motifs is 2. The maximum atomic E-state index is 12.5. The number of hydrogen-bond donors (Lipinski definition) is 1. The van der Waals surface area contributed by atoms with Crippen LogP contribution in [-0.4, -0.2) is 36.7 Å². The van der Waals surface area contributed by atoms with E-state index < -0.39 is 5.97 Å². The zero-order chi connectivity index (χ0) is 18.8. The first-order chi connectivity index (χ1) is 13.1. The monoisotopic (exact) mass is 382 g/mol. The Labute approximate surface area is 160 Å². The average Bonchev–Trinajstić information content (AvgIpc) is 3.01. The van der Waals surface area contributed by atoms with Crippen molar-refractivity contribution in [1.82, 2.24) is 0 Å². The Morgan fingerprint density at radius 2 is 2.00 bits per heavy atom. The minimum atomic E-state index is -0.581. The first kappa shape index (κ1) is 17.6. The number of ether oxygens (including phenoxy) is 1. The maximum Gasteiger partial charge on any atom is 0.338 e. The summed E-state index contributed by atoms with van der Waals surface area (Å²) >= 11 is 1.57. The Morgan fingerprint density at radius 3 is 2.89 bits per heavy atom. The highest BCUT2D eigenvalue weighted by molar-refractivity contribution is 7.99. The van der Waals surface area contributed by atoms with Crippen molar-refractivity contribution in [2.75, 3.05) is 29.1 Å². The van der Waals surface area contributed by atoms with Crippen LogP contribution in [0.5, 0.6) is 0 Å². The standard InChI is InChI=1S/C20H18N2O4S/c23-18-8-10-27-17-6-5-14(11-15(17)21-18)20(25)26-12-19(24)22-9-7-13-3-1-2-4-16(13)22/h1-6,11H,7-10,12H2,(H,21,23). The van der Waals surface area contributed by atoms with Gasteiger partial charge in [0.15, 0.2) is 6.61 Å². The molecule has 1 N–H and O–H groups in total. The van der Waals surface area contributed by atoms with Gasteiger partial charge in [-0.3, -0.25) is 9.59 Å². The van der Waals surface area contributed by atoms with Gasteiger partial charge in [-0.05, 0) is 36.2 Å². The fourth-order valence-corrected chi connectivity index (χ4v) is 4.17. The summed E-state index contributed by atoms with van der Waals surface area (Å²) in [7, 11) is 0. The molecule has 138 valence electrons. The lowest BCUT2D eigenvalue weighted by molar-refractivity contribution is -0.121. The number of esters is 1. The van der Waals surface area contributed by atoms with Gasteiger partial charge in [-0.15, -0.1) is 11.8 Å². The van der Waals surface area contributed by atoms with Gasteiger partial charge in [-0.25, -0.2) is 4.79 Å². The van der Waals surface area contributed by atoms with E-state index in [1.54, 1.807) is 34.9 Å². The fourth-order valence-electron chi connectivity index (χ4n) is 3.23. The first-order valence-electron chi connectivity index (χ1n) is 8.74. The van der Waals surface area contributed by atoms with E-state index in [1.165, 1.54) is 0 Å². The first-order valence-corrected chi connectivity index (χ1v) is 9.72. The molecule has 0 bridgehead atoms. The van der Waals surface area contributed by atoms with Crippen LogP contribution in [0.1, 0.15) is 22.3 Å². The molecule has 0 aromatic heterocycles. The Kier molecular flexibility index (Phi) is 4.85. The van der Waals surface area contributed by atoms with Gasteiger partial charge in [0.2, 0.25) is 5.91 Å². The van der Waals surface area contributed by atoms with Gasteiger partial charge in [0.05, 0.1) is 11.3 Å². The van der Waals surface area contributed by atoms with Gasteiger partial charge in [-0.2, -0.15) is 0 Å². The number of nitrogens with zero attached hydrogens (tertiary/aromatic N) is 1. The molecule has 7 heteroatoms. The van der Waals surface area contributed by atoms with Crippen LogP contribution < -0.4 is 10.2 Å². The SMILES string of the molecule is O=C1CCSc2ccc(C(=O)OCC(=O)N3CCc4ccccc43)cc2N1. The summed E-state index contributed by atoms with van der Waals surface area (Å²) < 4.78 is 5.22. The van der Waals surface area contributed by atoms with E-state index in [0.29, 0.717) is 30.0 Å². The number of amides is 2. The summed E-state index contributed by atoms with van der Waals surface area (Å²) in [6, 6.07) is 12.8. The zero-order valence-electron chi connectivity index (χ0n) is 14.6. The molecule has 0 unspecified atom stereocenters. The second-order valence-electron chi connectivity index (χ2n) is 6.36. The Morgan fingerprint density at radius 1 is 1.15 bits per heavy atom. The van der Waals surface area contributed by atoms with Gasteiger partial charge in [0.1, 0.15) is 0 Å². The molecule has 0 aliphatic carbocycles. The second-order valence-corrected chi connectivity index (χ2v) is 7.49. The normalized spacial score (nSPS) is 15.4. The predicted molar refractivity (Wildman–Crippen MR) is 103 cm³/mol. The minimum absolute atomic E-state index is 0.0744. The lowest BCUT2D eigenvalue weighted by atomic mass is 10.2. The van der Waals surface area contributed by atoms with E-state index in [4.69, 9.17) is 4.74 Å². The van der Waals surface area contributed by atoms with Crippen molar-refractivity contribution in [3.63, 3.8) is 0 Å². The highest BCUT2D eigenvalue weighted by atomic mass is 32.2. The van der Waals surface area contributed by atoms with E-state index in [2.05, 4.69) is 5.32 Å². The van der Waals surface area contributed by atoms with Gasteiger partial charge in [0, 0.05) is 29.3 Å². The summed E-state index contributed by atoms with van der Waals surface area (Å²) in [5.41, 5.74) is 2.92. The molecule has 27 heavy (non-hydrogen) atoms. The Hall–Kier alpha value is -2.80. The van der Waals surface area contributed by atoms with Crippen molar-refractivity contribution in [2.45, 2.75) is 17.7 Å². The van der Waals surface area contributed by atoms with Crippen LogP contribution in [0.15, 0.2) is 47.4 Å². The molecule has 6 nitrogen and oxygen atoms in total. The van der Waals surface area contributed by atoms with E-state index in [-0.39, 0.29) is 18.4 Å². The minimum Gasteiger partial charge on any atom is -0.452 e. The largest absolute Gasteiger partial charge is 0.452 e. The van der Waals surface area contributed by atoms with Gasteiger partial charge >= 0.3 is 5.97 Å². The number of carbonyl (C=O) groups is 3. The number of rotatable bonds is 3. The number of thioether (sulfide) groups is 1. The third-order valence-corrected chi connectivity index (χ3v) is 5.67. The number of nitrogens with one attached hydrogen (secondary N) is 1. The Bertz CT molecular complexity index is 928. The van der Waals surface area contributed by atoms with Gasteiger partial charge in [-0.1, -0.05) is 18.2 Å². The predicted octanol–water partition coefficient (Wildman–Crippen LogP) is 2.87. The van der Waals surface area contributed by atoms with Crippen LogP contribution in [0.2, 0.25) is 0 Å². The summed E-state index contributed by atoms with van der Waals surface area (Å²) in [6.07, 6.45) is 1.24. The van der Waals surface area contributed by atoms with Crippen molar-refractivity contribution in [2.24, 2.45) is 0 Å². The van der Waals surface area contributed by atoms with Crippen LogP contribution in [0, 0.1) is 0 Å². The summed E-state index contributed by atoms with van der Waals surface area (Å²) in [5, 5.41) is 2.80. The molecule has 0 spiro atoms. The molecule has 0 saturated carbocycles. The molecule has 0 atom stereocenters. The fraction of sp³-hybridized carbons (Fsp3) is 0.250. The molecule has 2 heterocycles. The molecular formula is C20H18N2O4S.